The van der Waals surface area contributed by atoms with Crippen LogP contribution in [0.25, 0.3) is 11.4 Å². The summed E-state index contributed by atoms with van der Waals surface area (Å²) >= 11 is 0. The lowest BCUT2D eigenvalue weighted by Crippen LogP contribution is -2.55. The van der Waals surface area contributed by atoms with Crippen LogP contribution in [0.5, 0.6) is 0 Å². The van der Waals surface area contributed by atoms with Crippen molar-refractivity contribution in [3.05, 3.63) is 59.9 Å². The van der Waals surface area contributed by atoms with Gasteiger partial charge in [-0.2, -0.15) is 5.21 Å². The fraction of sp³-hybridized carbons (Fsp3) is 0.370. The Hall–Kier alpha value is -4.68. The Kier molecular flexibility index (Phi) is 6.70. The molecule has 206 valence electrons. The van der Waals surface area contributed by atoms with Crippen LogP contribution in [0.1, 0.15) is 42.5 Å². The Labute approximate surface area is 228 Å². The number of oxime groups is 1. The summed E-state index contributed by atoms with van der Waals surface area (Å²) in [5.41, 5.74) is 1.15. The molecule has 3 amide bonds. The molecule has 2 saturated heterocycles. The number of hydrogen-bond acceptors (Lipinski definition) is 8. The average molecular weight is 547 g/mol. The second-order valence-corrected chi connectivity index (χ2v) is 10.3. The predicted molar refractivity (Wildman–Crippen MR) is 140 cm³/mol. The van der Waals surface area contributed by atoms with Gasteiger partial charge in [0.05, 0.1) is 6.54 Å². The second-order valence-electron chi connectivity index (χ2n) is 10.3. The zero-order valence-corrected chi connectivity index (χ0v) is 21.5. The molecular formula is C27H27FN8O4. The quantitative estimate of drug-likeness (QED) is 0.500. The molecule has 3 aromatic rings. The average Bonchev–Trinajstić information content (AvgIpc) is 3.75. The molecule has 40 heavy (non-hydrogen) atoms. The second kappa shape index (κ2) is 10.5. The number of piperidine rings is 1. The summed E-state index contributed by atoms with van der Waals surface area (Å²) in [5.74, 6) is -0.776. The Balaban J connectivity index is 1.07. The minimum atomic E-state index is -0.784. The van der Waals surface area contributed by atoms with E-state index in [1.807, 2.05) is 0 Å². The van der Waals surface area contributed by atoms with Crippen LogP contribution < -0.4 is 5.32 Å². The minimum Gasteiger partial charge on any atom is -0.386 e. The van der Waals surface area contributed by atoms with Crippen LogP contribution in [0, 0.1) is 5.82 Å². The fourth-order valence-electron chi connectivity index (χ4n) is 5.57. The van der Waals surface area contributed by atoms with Gasteiger partial charge in [0.1, 0.15) is 17.6 Å². The van der Waals surface area contributed by atoms with E-state index >= 15 is 0 Å². The number of carbonyl (C=O) groups is 3. The van der Waals surface area contributed by atoms with Gasteiger partial charge in [-0.15, -0.1) is 10.2 Å². The number of tetrazole rings is 1. The Morgan fingerprint density at radius 3 is 2.60 bits per heavy atom. The number of nitrogens with zero attached hydrogens (tertiary/aromatic N) is 6. The van der Waals surface area contributed by atoms with Crippen LogP contribution in [0.3, 0.4) is 0 Å². The number of aromatic nitrogens is 4. The van der Waals surface area contributed by atoms with Crippen LogP contribution in [0.4, 0.5) is 10.1 Å². The van der Waals surface area contributed by atoms with Gasteiger partial charge >= 0.3 is 0 Å². The number of rotatable bonds is 5. The number of hydrogen-bond donors (Lipinski definition) is 2. The fourth-order valence-corrected chi connectivity index (χ4v) is 5.57. The summed E-state index contributed by atoms with van der Waals surface area (Å²) in [4.78, 5) is 48.7. The van der Waals surface area contributed by atoms with Crippen molar-refractivity contribution in [2.24, 2.45) is 5.16 Å². The number of nitrogens with one attached hydrogen (secondary N) is 2. The number of H-pyrrole nitrogens is 1. The lowest BCUT2D eigenvalue weighted by molar-refractivity contribution is -0.144. The first-order valence-electron chi connectivity index (χ1n) is 13.2. The standard InChI is InChI=1S/C27H27FN8O4/c28-19-8-4-18(5-9-19)25(38)36-14-1-3-22(36)26(39)35-13-2-12-27(16-35)15-21(32-40-27)24(37)29-20-10-6-17(7-11-20)23-30-33-34-31-23/h4-11,22H,1-3,12-16H2,(H,29,37)(H,30,31,33,34)/t22-,27?/m0/s1. The van der Waals surface area contributed by atoms with E-state index in [-0.39, 0.29) is 36.4 Å². The largest absolute Gasteiger partial charge is 0.386 e. The number of amides is 3. The molecule has 2 fully saturated rings. The van der Waals surface area contributed by atoms with E-state index in [2.05, 4.69) is 31.1 Å². The van der Waals surface area contributed by atoms with E-state index in [0.29, 0.717) is 55.8 Å². The van der Waals surface area contributed by atoms with Crippen molar-refractivity contribution >= 4 is 29.1 Å². The van der Waals surface area contributed by atoms with Gasteiger partial charge in [0.2, 0.25) is 11.7 Å². The summed E-state index contributed by atoms with van der Waals surface area (Å²) in [6.07, 6.45) is 2.88. The van der Waals surface area contributed by atoms with Gasteiger partial charge in [-0.1, -0.05) is 5.16 Å². The van der Waals surface area contributed by atoms with Gasteiger partial charge < -0.3 is 20.0 Å². The molecule has 4 heterocycles. The van der Waals surface area contributed by atoms with Crippen molar-refractivity contribution < 1.29 is 23.6 Å². The van der Waals surface area contributed by atoms with E-state index in [1.54, 1.807) is 34.1 Å². The molecule has 3 aliphatic heterocycles. The zero-order chi connectivity index (χ0) is 27.7. The van der Waals surface area contributed by atoms with Crippen molar-refractivity contribution in [1.29, 1.82) is 0 Å². The number of halogens is 1. The first-order valence-corrected chi connectivity index (χ1v) is 13.2. The Morgan fingerprint density at radius 2 is 1.85 bits per heavy atom. The zero-order valence-electron chi connectivity index (χ0n) is 21.5. The highest BCUT2D eigenvalue weighted by atomic mass is 19.1. The van der Waals surface area contributed by atoms with Crippen molar-refractivity contribution in [2.45, 2.75) is 43.7 Å². The third kappa shape index (κ3) is 5.01. The SMILES string of the molecule is O=C(Nc1ccc(-c2nn[nH]n2)cc1)C1=NOC2(CCCN(C(=O)[C@@H]3CCCN3C(=O)c3ccc(F)cc3)C2)C1. The number of benzene rings is 2. The van der Waals surface area contributed by atoms with Crippen molar-refractivity contribution in [3.63, 3.8) is 0 Å². The maximum atomic E-state index is 13.6. The molecule has 0 bridgehead atoms. The normalized spacial score (nSPS) is 22.2. The predicted octanol–water partition coefficient (Wildman–Crippen LogP) is 2.39. The molecule has 2 atom stereocenters. The molecule has 1 unspecified atom stereocenters. The molecule has 2 N–H and O–H groups in total. The van der Waals surface area contributed by atoms with Crippen LogP contribution in [-0.2, 0) is 14.4 Å². The smallest absolute Gasteiger partial charge is 0.273 e. The summed E-state index contributed by atoms with van der Waals surface area (Å²) < 4.78 is 13.3. The van der Waals surface area contributed by atoms with Gasteiger partial charge in [-0.25, -0.2) is 4.39 Å². The number of carbonyl (C=O) groups excluding carboxylic acids is 3. The minimum absolute atomic E-state index is 0.143. The number of aromatic amines is 1. The van der Waals surface area contributed by atoms with Crippen molar-refractivity contribution in [1.82, 2.24) is 30.4 Å². The first-order chi connectivity index (χ1) is 19.4. The molecule has 0 saturated carbocycles. The molecule has 6 rings (SSSR count). The monoisotopic (exact) mass is 546 g/mol. The molecule has 0 radical (unpaired) electrons. The topological polar surface area (TPSA) is 146 Å². The third-order valence-electron chi connectivity index (χ3n) is 7.59. The molecule has 1 aromatic heterocycles. The van der Waals surface area contributed by atoms with E-state index in [1.165, 1.54) is 24.3 Å². The highest BCUT2D eigenvalue weighted by Gasteiger charge is 2.47. The lowest BCUT2D eigenvalue weighted by Gasteiger charge is -2.40. The first kappa shape index (κ1) is 25.6. The third-order valence-corrected chi connectivity index (χ3v) is 7.59. The van der Waals surface area contributed by atoms with Gasteiger partial charge in [-0.3, -0.25) is 14.4 Å². The van der Waals surface area contributed by atoms with Crippen LogP contribution >= 0.6 is 0 Å². The van der Waals surface area contributed by atoms with Crippen LogP contribution in [0.15, 0.2) is 53.7 Å². The summed E-state index contributed by atoms with van der Waals surface area (Å²) in [6.45, 7) is 1.28. The summed E-state index contributed by atoms with van der Waals surface area (Å²) in [6, 6.07) is 11.8. The maximum Gasteiger partial charge on any atom is 0.273 e. The van der Waals surface area contributed by atoms with Crippen molar-refractivity contribution in [3.8, 4) is 11.4 Å². The molecule has 1 spiro atoms. The highest BCUT2D eigenvalue weighted by molar-refractivity contribution is 6.43. The molecular weight excluding hydrogens is 519 g/mol. The lowest BCUT2D eigenvalue weighted by atomic mass is 9.87. The number of likely N-dealkylation sites (tertiary alicyclic amines) is 2. The van der Waals surface area contributed by atoms with Crippen LogP contribution in [0.2, 0.25) is 0 Å². The molecule has 3 aliphatic rings. The van der Waals surface area contributed by atoms with E-state index in [4.69, 9.17) is 4.84 Å². The molecule has 12 nitrogen and oxygen atoms in total. The number of anilines is 1. The molecule has 13 heteroatoms. The van der Waals surface area contributed by atoms with E-state index in [9.17, 15) is 18.8 Å². The van der Waals surface area contributed by atoms with Gasteiger partial charge in [-0.05, 0) is 79.4 Å². The van der Waals surface area contributed by atoms with E-state index < -0.39 is 17.5 Å². The Bertz CT molecular complexity index is 1440. The highest BCUT2D eigenvalue weighted by Crippen LogP contribution is 2.35. The summed E-state index contributed by atoms with van der Waals surface area (Å²) in [5, 5.41) is 20.7. The van der Waals surface area contributed by atoms with Crippen LogP contribution in [-0.4, -0.2) is 85.1 Å². The van der Waals surface area contributed by atoms with Gasteiger partial charge in [0, 0.05) is 36.3 Å². The van der Waals surface area contributed by atoms with Gasteiger partial charge in [0.25, 0.3) is 11.8 Å². The van der Waals surface area contributed by atoms with E-state index in [0.717, 1.165) is 5.56 Å². The molecule has 2 aromatic carbocycles. The Morgan fingerprint density at radius 1 is 1.05 bits per heavy atom. The maximum absolute atomic E-state index is 13.6. The summed E-state index contributed by atoms with van der Waals surface area (Å²) in [7, 11) is 0. The van der Waals surface area contributed by atoms with Crippen molar-refractivity contribution in [2.75, 3.05) is 25.0 Å². The van der Waals surface area contributed by atoms with Gasteiger partial charge in [0.15, 0.2) is 5.60 Å². The molecule has 0 aliphatic carbocycles.